The maximum Gasteiger partial charge on any atom is 0.123 e. The van der Waals surface area contributed by atoms with Gasteiger partial charge in [-0.1, -0.05) is 12.1 Å². The Bertz CT molecular complexity index is 667. The lowest BCUT2D eigenvalue weighted by Crippen LogP contribution is -2.41. The van der Waals surface area contributed by atoms with Gasteiger partial charge in [-0.3, -0.25) is 0 Å². The van der Waals surface area contributed by atoms with E-state index in [9.17, 15) is 14.6 Å². The summed E-state index contributed by atoms with van der Waals surface area (Å²) in [7, 11) is 0. The summed E-state index contributed by atoms with van der Waals surface area (Å²) in [6.07, 6.45) is 2.78. The van der Waals surface area contributed by atoms with Crippen LogP contribution in [0.2, 0.25) is 0 Å². The number of likely N-dealkylation sites (tertiary alicyclic amines) is 1. The molecule has 1 atom stereocenters. The molecule has 1 aliphatic heterocycles. The van der Waals surface area contributed by atoms with E-state index in [0.29, 0.717) is 19.0 Å². The van der Waals surface area contributed by atoms with Crippen molar-refractivity contribution in [3.63, 3.8) is 0 Å². The molecule has 1 unspecified atom stereocenters. The number of hydrogen-bond donors (Lipinski definition) is 3. The lowest BCUT2D eigenvalue weighted by Gasteiger charge is -2.33. The van der Waals surface area contributed by atoms with Gasteiger partial charge in [0.1, 0.15) is 11.6 Å². The number of nitrogens with zero attached hydrogens (tertiary/aromatic N) is 1. The van der Waals surface area contributed by atoms with E-state index >= 15 is 0 Å². The van der Waals surface area contributed by atoms with Crippen molar-refractivity contribution < 1.29 is 14.6 Å². The largest absolute Gasteiger partial charge is 0.508 e. The monoisotopic (exact) mass is 358 g/mol. The molecule has 0 saturated carbocycles. The van der Waals surface area contributed by atoms with Crippen LogP contribution in [0.1, 0.15) is 18.4 Å². The number of piperidine rings is 1. The first-order chi connectivity index (χ1) is 12.6. The average molecular weight is 358 g/mol. The Morgan fingerprint density at radius 1 is 1.04 bits per heavy atom. The molecule has 3 N–H and O–H groups in total. The predicted octanol–water partition coefficient (Wildman–Crippen LogP) is 3.26. The molecular formula is C21H27FN2O2. The van der Waals surface area contributed by atoms with Crippen LogP contribution in [0.25, 0.3) is 0 Å². The summed E-state index contributed by atoms with van der Waals surface area (Å²) in [4.78, 5) is 2.31. The molecule has 140 valence electrons. The van der Waals surface area contributed by atoms with Crippen LogP contribution in [0.4, 0.5) is 10.1 Å². The van der Waals surface area contributed by atoms with Gasteiger partial charge in [0, 0.05) is 18.8 Å². The van der Waals surface area contributed by atoms with Crippen molar-refractivity contribution in [2.45, 2.75) is 25.4 Å². The third-order valence-electron chi connectivity index (χ3n) is 5.02. The SMILES string of the molecule is Oc1ccc(NCC(O)CN2CCC(Cc3ccc(F)cc3)CC2)cc1. The average Bonchev–Trinajstić information content (AvgIpc) is 2.65. The summed E-state index contributed by atoms with van der Waals surface area (Å²) in [5.74, 6) is 0.682. The van der Waals surface area contributed by atoms with Gasteiger partial charge in [-0.2, -0.15) is 0 Å². The van der Waals surface area contributed by atoms with E-state index in [1.165, 1.54) is 17.7 Å². The molecular weight excluding hydrogens is 331 g/mol. The van der Waals surface area contributed by atoms with Crippen LogP contribution in [-0.2, 0) is 6.42 Å². The highest BCUT2D eigenvalue weighted by Gasteiger charge is 2.21. The van der Waals surface area contributed by atoms with Crippen LogP contribution in [-0.4, -0.2) is 47.4 Å². The van der Waals surface area contributed by atoms with Crippen molar-refractivity contribution in [1.82, 2.24) is 4.90 Å². The molecule has 1 fully saturated rings. The van der Waals surface area contributed by atoms with Crippen molar-refractivity contribution in [2.24, 2.45) is 5.92 Å². The van der Waals surface area contributed by atoms with Gasteiger partial charge in [0.05, 0.1) is 6.10 Å². The molecule has 1 heterocycles. The molecule has 2 aromatic carbocycles. The normalized spacial score (nSPS) is 17.2. The van der Waals surface area contributed by atoms with Gasteiger partial charge < -0.3 is 20.4 Å². The zero-order valence-electron chi connectivity index (χ0n) is 14.9. The van der Waals surface area contributed by atoms with Gasteiger partial charge in [0.2, 0.25) is 0 Å². The fourth-order valence-corrected chi connectivity index (χ4v) is 3.50. The molecule has 0 spiro atoms. The summed E-state index contributed by atoms with van der Waals surface area (Å²) in [5, 5.41) is 22.7. The van der Waals surface area contributed by atoms with Crippen molar-refractivity contribution in [2.75, 3.05) is 31.5 Å². The first-order valence-electron chi connectivity index (χ1n) is 9.26. The second kappa shape index (κ2) is 9.01. The lowest BCUT2D eigenvalue weighted by atomic mass is 9.90. The van der Waals surface area contributed by atoms with Gasteiger partial charge >= 0.3 is 0 Å². The topological polar surface area (TPSA) is 55.7 Å². The number of phenols is 1. The van der Waals surface area contributed by atoms with E-state index in [-0.39, 0.29) is 11.6 Å². The van der Waals surface area contributed by atoms with Crippen LogP contribution in [0, 0.1) is 11.7 Å². The van der Waals surface area contributed by atoms with Crippen molar-refractivity contribution >= 4 is 5.69 Å². The third-order valence-corrected chi connectivity index (χ3v) is 5.02. The van der Waals surface area contributed by atoms with Crippen LogP contribution in [0.15, 0.2) is 48.5 Å². The van der Waals surface area contributed by atoms with E-state index in [2.05, 4.69) is 10.2 Å². The molecule has 1 aliphatic rings. The van der Waals surface area contributed by atoms with E-state index < -0.39 is 6.10 Å². The molecule has 0 amide bonds. The number of hydrogen-bond acceptors (Lipinski definition) is 4. The minimum absolute atomic E-state index is 0.182. The maximum atomic E-state index is 13.0. The number of halogens is 1. The number of nitrogens with one attached hydrogen (secondary N) is 1. The summed E-state index contributed by atoms with van der Waals surface area (Å²) in [5.41, 5.74) is 2.09. The second-order valence-corrected chi connectivity index (χ2v) is 7.16. The highest BCUT2D eigenvalue weighted by Crippen LogP contribution is 2.22. The zero-order chi connectivity index (χ0) is 18.4. The van der Waals surface area contributed by atoms with Crippen LogP contribution in [0.3, 0.4) is 0 Å². The van der Waals surface area contributed by atoms with Crippen LogP contribution < -0.4 is 5.32 Å². The molecule has 3 rings (SSSR count). The molecule has 0 bridgehead atoms. The van der Waals surface area contributed by atoms with E-state index in [0.717, 1.165) is 38.0 Å². The Kier molecular flexibility index (Phi) is 6.47. The van der Waals surface area contributed by atoms with E-state index in [1.807, 2.05) is 12.1 Å². The maximum absolute atomic E-state index is 13.0. The summed E-state index contributed by atoms with van der Waals surface area (Å²) in [6, 6.07) is 13.7. The summed E-state index contributed by atoms with van der Waals surface area (Å²) >= 11 is 0. The third kappa shape index (κ3) is 5.71. The van der Waals surface area contributed by atoms with Crippen LogP contribution >= 0.6 is 0 Å². The number of phenolic OH excluding ortho intramolecular Hbond substituents is 1. The van der Waals surface area contributed by atoms with E-state index in [4.69, 9.17) is 0 Å². The minimum atomic E-state index is -0.433. The molecule has 4 nitrogen and oxygen atoms in total. The zero-order valence-corrected chi connectivity index (χ0v) is 14.9. The van der Waals surface area contributed by atoms with Crippen LogP contribution in [0.5, 0.6) is 5.75 Å². The Morgan fingerprint density at radius 2 is 1.69 bits per heavy atom. The Labute approximate surface area is 154 Å². The highest BCUT2D eigenvalue weighted by molar-refractivity contribution is 5.45. The Balaban J connectivity index is 1.36. The summed E-state index contributed by atoms with van der Waals surface area (Å²) in [6.45, 7) is 3.12. The smallest absolute Gasteiger partial charge is 0.123 e. The second-order valence-electron chi connectivity index (χ2n) is 7.16. The first kappa shape index (κ1) is 18.7. The highest BCUT2D eigenvalue weighted by atomic mass is 19.1. The van der Waals surface area contributed by atoms with Gasteiger partial charge in [0.25, 0.3) is 0 Å². The van der Waals surface area contributed by atoms with Crippen molar-refractivity contribution in [3.8, 4) is 5.75 Å². The van der Waals surface area contributed by atoms with Gasteiger partial charge in [0.15, 0.2) is 0 Å². The quantitative estimate of drug-likeness (QED) is 0.665. The first-order valence-corrected chi connectivity index (χ1v) is 9.26. The van der Waals surface area contributed by atoms with Gasteiger partial charge in [-0.05, 0) is 80.2 Å². The number of aliphatic hydroxyl groups excluding tert-OH is 1. The number of rotatable bonds is 7. The van der Waals surface area contributed by atoms with Crippen molar-refractivity contribution in [1.29, 1.82) is 0 Å². The molecule has 1 saturated heterocycles. The Hall–Kier alpha value is -2.11. The molecule has 26 heavy (non-hydrogen) atoms. The minimum Gasteiger partial charge on any atom is -0.508 e. The Morgan fingerprint density at radius 3 is 2.35 bits per heavy atom. The van der Waals surface area contributed by atoms with Gasteiger partial charge in [-0.15, -0.1) is 0 Å². The number of aliphatic hydroxyl groups is 1. The number of β-amino-alcohol motifs (C(OH)–C–C–N with tert-alkyl or cyclic N) is 1. The number of aromatic hydroxyl groups is 1. The van der Waals surface area contributed by atoms with Gasteiger partial charge in [-0.25, -0.2) is 4.39 Å². The molecule has 2 aromatic rings. The summed E-state index contributed by atoms with van der Waals surface area (Å²) < 4.78 is 13.0. The molecule has 5 heteroatoms. The van der Waals surface area contributed by atoms with Crippen molar-refractivity contribution in [3.05, 3.63) is 59.9 Å². The fraction of sp³-hybridized carbons (Fsp3) is 0.429. The number of benzene rings is 2. The fourth-order valence-electron chi connectivity index (χ4n) is 3.50. The van der Waals surface area contributed by atoms with E-state index in [1.54, 1.807) is 24.3 Å². The molecule has 0 aliphatic carbocycles. The standard InChI is InChI=1S/C21H27FN2O2/c22-18-3-1-16(2-4-18)13-17-9-11-24(12-10-17)15-21(26)14-23-19-5-7-20(25)8-6-19/h1-8,17,21,23,25-26H,9-15H2. The predicted molar refractivity (Wildman–Crippen MR) is 102 cm³/mol. The lowest BCUT2D eigenvalue weighted by molar-refractivity contribution is 0.0965. The number of anilines is 1. The molecule has 0 aromatic heterocycles. The molecule has 0 radical (unpaired) electrons.